The van der Waals surface area contributed by atoms with E-state index in [4.69, 9.17) is 4.98 Å². The Morgan fingerprint density at radius 2 is 2.07 bits per heavy atom. The zero-order valence-electron chi connectivity index (χ0n) is 8.61. The quantitative estimate of drug-likeness (QED) is 0.612. The van der Waals surface area contributed by atoms with Crippen LogP contribution in [0.15, 0.2) is 6.20 Å². The molecule has 0 radical (unpaired) electrons. The van der Waals surface area contributed by atoms with Gasteiger partial charge >= 0.3 is 0 Å². The van der Waals surface area contributed by atoms with Crippen molar-refractivity contribution in [2.45, 2.75) is 44.6 Å². The van der Waals surface area contributed by atoms with E-state index in [0.29, 0.717) is 0 Å². The van der Waals surface area contributed by atoms with Crippen LogP contribution >= 0.6 is 0 Å². The SMILES string of the molecule is Cc1cn2c(n1)C1CC[C@@H]1[C@@H]1CCC12. The molecule has 2 heteroatoms. The number of imidazole rings is 1. The summed E-state index contributed by atoms with van der Waals surface area (Å²) in [5.41, 5.74) is 1.22. The number of aromatic nitrogens is 2. The van der Waals surface area contributed by atoms with Gasteiger partial charge in [-0.05, 0) is 44.4 Å². The topological polar surface area (TPSA) is 17.8 Å². The van der Waals surface area contributed by atoms with Crippen molar-refractivity contribution in [3.63, 3.8) is 0 Å². The lowest BCUT2D eigenvalue weighted by atomic mass is 9.56. The Morgan fingerprint density at radius 1 is 1.21 bits per heavy atom. The largest absolute Gasteiger partial charge is 0.331 e. The minimum absolute atomic E-state index is 0.824. The summed E-state index contributed by atoms with van der Waals surface area (Å²) in [5, 5.41) is 0. The maximum atomic E-state index is 4.72. The molecule has 0 amide bonds. The lowest BCUT2D eigenvalue weighted by Crippen LogP contribution is -2.47. The fraction of sp³-hybridized carbons (Fsp3) is 0.750. The number of nitrogens with zero attached hydrogens (tertiary/aromatic N) is 2. The molecular formula is C12H16N2. The van der Waals surface area contributed by atoms with Gasteiger partial charge in [0.05, 0.1) is 5.69 Å². The van der Waals surface area contributed by atoms with E-state index in [-0.39, 0.29) is 0 Å². The predicted octanol–water partition coefficient (Wildman–Crippen LogP) is 2.65. The molecule has 1 aromatic rings. The highest BCUT2D eigenvalue weighted by Gasteiger charge is 2.51. The van der Waals surface area contributed by atoms with E-state index >= 15 is 0 Å². The first-order valence-electron chi connectivity index (χ1n) is 5.90. The highest BCUT2D eigenvalue weighted by molar-refractivity contribution is 5.20. The minimum Gasteiger partial charge on any atom is -0.331 e. The van der Waals surface area contributed by atoms with Gasteiger partial charge in [0.25, 0.3) is 0 Å². The van der Waals surface area contributed by atoms with Crippen LogP contribution in [-0.2, 0) is 0 Å². The maximum absolute atomic E-state index is 4.72. The van der Waals surface area contributed by atoms with Crippen molar-refractivity contribution in [2.75, 3.05) is 0 Å². The fourth-order valence-corrected chi connectivity index (χ4v) is 3.79. The average molecular weight is 188 g/mol. The fourth-order valence-electron chi connectivity index (χ4n) is 3.79. The maximum Gasteiger partial charge on any atom is 0.112 e. The van der Waals surface area contributed by atoms with Gasteiger partial charge in [-0.3, -0.25) is 0 Å². The molecule has 2 unspecified atom stereocenters. The third-order valence-corrected chi connectivity index (χ3v) is 4.74. The molecule has 74 valence electrons. The van der Waals surface area contributed by atoms with E-state index in [9.17, 15) is 0 Å². The zero-order valence-corrected chi connectivity index (χ0v) is 8.61. The van der Waals surface area contributed by atoms with Crippen LogP contribution in [0.5, 0.6) is 0 Å². The Balaban J connectivity index is 1.88. The Hall–Kier alpha value is -0.790. The van der Waals surface area contributed by atoms with Gasteiger partial charge in [-0.15, -0.1) is 0 Å². The third-order valence-electron chi connectivity index (χ3n) is 4.74. The van der Waals surface area contributed by atoms with E-state index in [1.165, 1.54) is 37.2 Å². The molecule has 0 spiro atoms. The Morgan fingerprint density at radius 3 is 2.71 bits per heavy atom. The van der Waals surface area contributed by atoms with Crippen LogP contribution in [0.2, 0.25) is 0 Å². The molecule has 2 fully saturated rings. The van der Waals surface area contributed by atoms with Crippen molar-refractivity contribution >= 4 is 0 Å². The lowest BCUT2D eigenvalue weighted by Gasteiger charge is -2.54. The van der Waals surface area contributed by atoms with E-state index in [0.717, 1.165) is 23.8 Å². The molecule has 0 bridgehead atoms. The highest BCUT2D eigenvalue weighted by Crippen LogP contribution is 2.60. The second-order valence-corrected chi connectivity index (χ2v) is 5.30. The van der Waals surface area contributed by atoms with Crippen molar-refractivity contribution in [1.29, 1.82) is 0 Å². The molecule has 0 aromatic carbocycles. The molecule has 3 aliphatic rings. The van der Waals surface area contributed by atoms with Gasteiger partial charge in [0.15, 0.2) is 0 Å². The Labute approximate surface area is 84.3 Å². The molecule has 0 saturated heterocycles. The Kier molecular flexibility index (Phi) is 1.20. The van der Waals surface area contributed by atoms with Gasteiger partial charge in [-0.25, -0.2) is 4.98 Å². The van der Waals surface area contributed by atoms with Crippen molar-refractivity contribution in [2.24, 2.45) is 11.8 Å². The van der Waals surface area contributed by atoms with E-state index < -0.39 is 0 Å². The second-order valence-electron chi connectivity index (χ2n) is 5.30. The van der Waals surface area contributed by atoms with Gasteiger partial charge in [0, 0.05) is 18.2 Å². The molecule has 14 heavy (non-hydrogen) atoms. The van der Waals surface area contributed by atoms with Crippen molar-refractivity contribution in [3.8, 4) is 0 Å². The van der Waals surface area contributed by atoms with Crippen molar-refractivity contribution < 1.29 is 0 Å². The van der Waals surface area contributed by atoms with E-state index in [1.807, 2.05) is 0 Å². The summed E-state index contributed by atoms with van der Waals surface area (Å²) in [5.74, 6) is 4.25. The second kappa shape index (κ2) is 2.23. The molecule has 2 heterocycles. The molecule has 1 aliphatic heterocycles. The molecule has 4 atom stereocenters. The summed E-state index contributed by atoms with van der Waals surface area (Å²) < 4.78 is 2.50. The van der Waals surface area contributed by atoms with Crippen LogP contribution < -0.4 is 0 Å². The Bertz CT molecular complexity index is 358. The van der Waals surface area contributed by atoms with Crippen LogP contribution in [0.3, 0.4) is 0 Å². The van der Waals surface area contributed by atoms with Crippen LogP contribution in [0.25, 0.3) is 0 Å². The molecule has 2 aliphatic carbocycles. The first kappa shape index (κ1) is 7.49. The van der Waals surface area contributed by atoms with E-state index in [1.54, 1.807) is 0 Å². The van der Waals surface area contributed by atoms with Crippen LogP contribution in [0, 0.1) is 18.8 Å². The van der Waals surface area contributed by atoms with Gasteiger partial charge < -0.3 is 4.57 Å². The number of aryl methyl sites for hydroxylation is 1. The molecule has 2 saturated carbocycles. The van der Waals surface area contributed by atoms with Crippen LogP contribution in [0.1, 0.15) is 49.2 Å². The molecule has 2 nitrogen and oxygen atoms in total. The third kappa shape index (κ3) is 0.688. The summed E-state index contributed by atoms with van der Waals surface area (Å²) in [4.78, 5) is 4.72. The van der Waals surface area contributed by atoms with Gasteiger partial charge in [0.1, 0.15) is 5.82 Å². The number of rotatable bonds is 0. The minimum atomic E-state index is 0.824. The molecule has 4 rings (SSSR count). The van der Waals surface area contributed by atoms with Crippen molar-refractivity contribution in [1.82, 2.24) is 9.55 Å². The zero-order chi connectivity index (χ0) is 9.28. The summed E-state index contributed by atoms with van der Waals surface area (Å²) in [7, 11) is 0. The molecule has 1 aromatic heterocycles. The normalized spacial score (nSPS) is 42.9. The first-order valence-corrected chi connectivity index (χ1v) is 5.90. The standard InChI is InChI=1S/C12H16N2/c1-7-6-14-11-5-4-9(11)8-2-3-10(8)12(14)13-7/h6,8-11H,2-5H2,1H3/t8-,9+,10?,11?/m1/s1. The highest BCUT2D eigenvalue weighted by atomic mass is 15.1. The first-order chi connectivity index (χ1) is 6.84. The number of hydrogen-bond acceptors (Lipinski definition) is 1. The summed E-state index contributed by atoms with van der Waals surface area (Å²) >= 11 is 0. The summed E-state index contributed by atoms with van der Waals surface area (Å²) in [6.07, 6.45) is 8.02. The number of hydrogen-bond donors (Lipinski definition) is 0. The van der Waals surface area contributed by atoms with E-state index in [2.05, 4.69) is 17.7 Å². The monoisotopic (exact) mass is 188 g/mol. The lowest BCUT2D eigenvalue weighted by molar-refractivity contribution is 0.00767. The van der Waals surface area contributed by atoms with Crippen molar-refractivity contribution in [3.05, 3.63) is 17.7 Å². The van der Waals surface area contributed by atoms with Crippen LogP contribution in [-0.4, -0.2) is 9.55 Å². The van der Waals surface area contributed by atoms with Crippen LogP contribution in [0.4, 0.5) is 0 Å². The molecule has 0 N–H and O–H groups in total. The van der Waals surface area contributed by atoms with Gasteiger partial charge in [-0.1, -0.05) is 0 Å². The smallest absolute Gasteiger partial charge is 0.112 e. The predicted molar refractivity (Wildman–Crippen MR) is 54.2 cm³/mol. The molecular weight excluding hydrogens is 172 g/mol. The summed E-state index contributed by atoms with van der Waals surface area (Å²) in [6.45, 7) is 2.13. The van der Waals surface area contributed by atoms with Gasteiger partial charge in [-0.2, -0.15) is 0 Å². The number of fused-ring (bicyclic) bond motifs is 6. The van der Waals surface area contributed by atoms with Gasteiger partial charge in [0.2, 0.25) is 0 Å². The average Bonchev–Trinajstić information content (AvgIpc) is 2.37. The summed E-state index contributed by atoms with van der Waals surface area (Å²) in [6, 6.07) is 0.827.